The summed E-state index contributed by atoms with van der Waals surface area (Å²) in [5.41, 5.74) is -1.37. The van der Waals surface area contributed by atoms with Crippen molar-refractivity contribution < 1.29 is 52.7 Å². The van der Waals surface area contributed by atoms with Crippen LogP contribution >= 0.6 is 0 Å². The van der Waals surface area contributed by atoms with Gasteiger partial charge in [0.1, 0.15) is 11.9 Å². The molecule has 5 rings (SSSR count). The van der Waals surface area contributed by atoms with Gasteiger partial charge in [0.2, 0.25) is 0 Å². The lowest BCUT2D eigenvalue weighted by Gasteiger charge is -2.49. The molecule has 0 aliphatic carbocycles. The van der Waals surface area contributed by atoms with Crippen LogP contribution in [0.1, 0.15) is 90.6 Å². The largest absolute Gasteiger partial charge is 0.458 e. The first-order chi connectivity index (χ1) is 27.9. The minimum atomic E-state index is -1.37. The number of amides is 1. The molecule has 0 radical (unpaired) electrons. The predicted molar refractivity (Wildman–Crippen MR) is 221 cm³/mol. The summed E-state index contributed by atoms with van der Waals surface area (Å²) in [5.74, 6) is -4.78. The summed E-state index contributed by atoms with van der Waals surface area (Å²) in [6.07, 6.45) is -1.72. The second-order valence-electron chi connectivity index (χ2n) is 17.3. The number of cyclic esters (lactones) is 1. The van der Waals surface area contributed by atoms with Crippen molar-refractivity contribution in [3.63, 3.8) is 0 Å². The lowest BCUT2D eigenvalue weighted by Crippen LogP contribution is -2.61. The second kappa shape index (κ2) is 19.5. The van der Waals surface area contributed by atoms with E-state index in [0.29, 0.717) is 12.0 Å². The van der Waals surface area contributed by atoms with Crippen LogP contribution in [-0.4, -0.2) is 115 Å². The summed E-state index contributed by atoms with van der Waals surface area (Å²) < 4.78 is 38.5. The minimum absolute atomic E-state index is 0.0968. The van der Waals surface area contributed by atoms with Crippen LogP contribution in [0, 0.1) is 23.7 Å². The molecule has 13 heteroatoms. The Hall–Kier alpha value is -4.14. The smallest absolute Gasteiger partial charge is 0.408 e. The molecule has 0 bridgehead atoms. The van der Waals surface area contributed by atoms with Crippen LogP contribution in [0.25, 0.3) is 6.08 Å². The molecule has 0 aromatic heterocycles. The number of aliphatic hydroxyl groups is 1. The maximum absolute atomic E-state index is 14.6. The number of esters is 2. The van der Waals surface area contributed by atoms with Crippen LogP contribution < -0.4 is 5.32 Å². The molecule has 0 saturated carbocycles. The molecule has 13 nitrogen and oxygen atoms in total. The highest BCUT2D eigenvalue weighted by Crippen LogP contribution is 2.41. The van der Waals surface area contributed by atoms with E-state index in [4.69, 9.17) is 28.4 Å². The highest BCUT2D eigenvalue weighted by atomic mass is 16.7. The van der Waals surface area contributed by atoms with Crippen LogP contribution in [0.15, 0.2) is 66.7 Å². The lowest BCUT2D eigenvalue weighted by molar-refractivity contribution is -0.302. The zero-order valence-corrected chi connectivity index (χ0v) is 36.2. The first kappa shape index (κ1) is 45.9. The number of nitrogens with one attached hydrogen (secondary N) is 1. The van der Waals surface area contributed by atoms with Gasteiger partial charge in [0.15, 0.2) is 18.0 Å². The van der Waals surface area contributed by atoms with E-state index in [2.05, 4.69) is 5.32 Å². The fourth-order valence-corrected chi connectivity index (χ4v) is 9.14. The summed E-state index contributed by atoms with van der Waals surface area (Å²) in [6, 6.07) is 17.3. The molecule has 59 heavy (non-hydrogen) atoms. The molecule has 3 heterocycles. The minimum Gasteiger partial charge on any atom is -0.458 e. The number of hydrogen-bond donors (Lipinski definition) is 2. The van der Waals surface area contributed by atoms with Crippen LogP contribution in [0.4, 0.5) is 4.79 Å². The lowest BCUT2D eigenvalue weighted by atomic mass is 9.73. The third-order valence-electron chi connectivity index (χ3n) is 12.5. The van der Waals surface area contributed by atoms with Crippen molar-refractivity contribution in [1.82, 2.24) is 10.2 Å². The SMILES string of the molecule is CCC1OC(=O)[C@H](C)[C@@H](O)[C@H](C)[C@@H](O[C@@H]2O[C@H](C)C[C@H](N(C)C)[C@H]2OC(=O)c2ccccc2)[C@](C)(OC/C=C/c2ccccc2)C[C@@H](C)C(=O)[C@H](C)[C@H]2NC(=O)O[C@]12C. The van der Waals surface area contributed by atoms with Crippen LogP contribution in [0.2, 0.25) is 0 Å². The number of hydrogen-bond acceptors (Lipinski definition) is 12. The standard InChI is InChI=1S/C46H64N2O11/c1-11-35-46(8)39(47-44(53)59-46)29(4)36(49)27(2)26-45(7,54-24-18-21-32-19-14-12-15-20-32)40(30(5)37(50)31(6)41(51)56-35)58-43-38(34(48(9)10)25-28(3)55-43)57-42(52)33-22-16-13-17-23-33/h12-23,27-31,34-35,37-40,43,50H,11,24-26H2,1-10H3,(H,47,53)/b21-18+/t27-,28-,29+,30+,31-,34+,35?,37+,38-,39-,40-,43+,45-,46-/m1/s1. The summed E-state index contributed by atoms with van der Waals surface area (Å²) in [5, 5.41) is 15.0. The van der Waals surface area contributed by atoms with Crippen molar-refractivity contribution in [2.24, 2.45) is 23.7 Å². The van der Waals surface area contributed by atoms with Gasteiger partial charge >= 0.3 is 18.0 Å². The van der Waals surface area contributed by atoms with E-state index in [0.717, 1.165) is 5.56 Å². The number of nitrogens with zero attached hydrogens (tertiary/aromatic N) is 1. The summed E-state index contributed by atoms with van der Waals surface area (Å²) in [4.78, 5) is 57.0. The first-order valence-electron chi connectivity index (χ1n) is 20.9. The maximum atomic E-state index is 14.6. The Labute approximate surface area is 349 Å². The molecule has 3 aliphatic heterocycles. The quantitative estimate of drug-likeness (QED) is 0.206. The van der Waals surface area contributed by atoms with Crippen molar-refractivity contribution in [3.05, 3.63) is 77.9 Å². The molecule has 2 aromatic carbocycles. The van der Waals surface area contributed by atoms with E-state index in [1.54, 1.807) is 58.9 Å². The van der Waals surface area contributed by atoms with Crippen molar-refractivity contribution in [2.75, 3.05) is 20.7 Å². The van der Waals surface area contributed by atoms with Crippen LogP contribution in [-0.2, 0) is 38.0 Å². The van der Waals surface area contributed by atoms with E-state index in [1.807, 2.05) is 88.3 Å². The van der Waals surface area contributed by atoms with Gasteiger partial charge in [-0.3, -0.25) is 9.59 Å². The van der Waals surface area contributed by atoms with E-state index < -0.39 is 89.7 Å². The Morgan fingerprint density at radius 3 is 2.24 bits per heavy atom. The predicted octanol–water partition coefficient (Wildman–Crippen LogP) is 6.22. The van der Waals surface area contributed by atoms with E-state index in [1.165, 1.54) is 0 Å². The van der Waals surface area contributed by atoms with Crippen molar-refractivity contribution in [3.8, 4) is 0 Å². The Morgan fingerprint density at radius 2 is 1.61 bits per heavy atom. The summed E-state index contributed by atoms with van der Waals surface area (Å²) in [7, 11) is 3.80. The number of likely N-dealkylation sites (N-methyl/N-ethyl adjacent to an activating group) is 1. The van der Waals surface area contributed by atoms with E-state index in [-0.39, 0.29) is 37.4 Å². The summed E-state index contributed by atoms with van der Waals surface area (Å²) >= 11 is 0. The molecule has 2 aromatic rings. The summed E-state index contributed by atoms with van der Waals surface area (Å²) in [6.45, 7) is 14.2. The van der Waals surface area contributed by atoms with Gasteiger partial charge in [-0.2, -0.15) is 0 Å². The number of Topliss-reactive ketones (excluding diaryl/α,β-unsaturated/α-hetero) is 1. The highest BCUT2D eigenvalue weighted by molar-refractivity contribution is 5.89. The van der Waals surface area contributed by atoms with Gasteiger partial charge in [-0.05, 0) is 78.7 Å². The number of carbonyl (C=O) groups is 4. The van der Waals surface area contributed by atoms with Gasteiger partial charge in [0.05, 0.1) is 54.1 Å². The van der Waals surface area contributed by atoms with Gasteiger partial charge < -0.3 is 43.7 Å². The molecular weight excluding hydrogens is 757 g/mol. The van der Waals surface area contributed by atoms with Crippen LogP contribution in [0.5, 0.6) is 0 Å². The molecule has 0 spiro atoms. The molecule has 3 fully saturated rings. The normalized spacial score (nSPS) is 37.3. The zero-order chi connectivity index (χ0) is 43.2. The van der Waals surface area contributed by atoms with Gasteiger partial charge in [0.25, 0.3) is 0 Å². The molecule has 14 atom stereocenters. The zero-order valence-electron chi connectivity index (χ0n) is 36.2. The number of fused-ring (bicyclic) bond motifs is 1. The third-order valence-corrected chi connectivity index (χ3v) is 12.5. The van der Waals surface area contributed by atoms with Gasteiger partial charge in [-0.25, -0.2) is 9.59 Å². The number of carbonyl (C=O) groups excluding carboxylic acids is 4. The second-order valence-corrected chi connectivity index (χ2v) is 17.3. The number of alkyl carbamates (subject to hydrolysis) is 1. The topological polar surface area (TPSA) is 159 Å². The molecule has 3 aliphatic rings. The van der Waals surface area contributed by atoms with Crippen molar-refractivity contribution in [2.45, 2.75) is 135 Å². The fraction of sp³-hybridized carbons (Fsp3) is 0.609. The molecule has 1 amide bonds. The number of benzene rings is 2. The van der Waals surface area contributed by atoms with Gasteiger partial charge in [-0.15, -0.1) is 0 Å². The Bertz CT molecular complexity index is 1770. The molecular formula is C46H64N2O11. The number of rotatable bonds is 10. The van der Waals surface area contributed by atoms with Crippen molar-refractivity contribution >= 4 is 29.9 Å². The van der Waals surface area contributed by atoms with E-state index in [9.17, 15) is 24.3 Å². The van der Waals surface area contributed by atoms with Gasteiger partial charge in [-0.1, -0.05) is 88.4 Å². The maximum Gasteiger partial charge on any atom is 0.408 e. The molecule has 2 N–H and O–H groups in total. The van der Waals surface area contributed by atoms with Crippen molar-refractivity contribution in [1.29, 1.82) is 0 Å². The number of ether oxygens (including phenoxy) is 6. The number of aliphatic hydroxyl groups excluding tert-OH is 1. The first-order valence-corrected chi connectivity index (χ1v) is 20.9. The fourth-order valence-electron chi connectivity index (χ4n) is 9.14. The monoisotopic (exact) mass is 820 g/mol. The molecule has 1 unspecified atom stereocenters. The average molecular weight is 821 g/mol. The Morgan fingerprint density at radius 1 is 0.966 bits per heavy atom. The average Bonchev–Trinajstić information content (AvgIpc) is 3.53. The van der Waals surface area contributed by atoms with Crippen LogP contribution in [0.3, 0.4) is 0 Å². The van der Waals surface area contributed by atoms with E-state index >= 15 is 0 Å². The Kier molecular flexibility index (Phi) is 15.2. The highest BCUT2D eigenvalue weighted by Gasteiger charge is 2.57. The number of ketones is 1. The third kappa shape index (κ3) is 10.4. The molecule has 3 saturated heterocycles. The Balaban J connectivity index is 1.60. The molecule has 324 valence electrons. The van der Waals surface area contributed by atoms with Gasteiger partial charge in [0, 0.05) is 17.8 Å².